The van der Waals surface area contributed by atoms with Crippen molar-refractivity contribution in [3.63, 3.8) is 0 Å². The number of carbonyl (C=O) groups excluding carboxylic acids is 1. The van der Waals surface area contributed by atoms with Crippen molar-refractivity contribution in [3.8, 4) is 0 Å². The maximum absolute atomic E-state index is 9.88. The minimum absolute atomic E-state index is 0.817. The Labute approximate surface area is 33.6 Å². The van der Waals surface area contributed by atoms with Gasteiger partial charge in [0.2, 0.25) is 0 Å². The molecule has 0 amide bonds. The Balaban J connectivity index is 3.35. The van der Waals surface area contributed by atoms with Gasteiger partial charge >= 0.3 is 0 Å². The third-order valence-electron chi connectivity index (χ3n) is 0.185. The van der Waals surface area contributed by atoms with Gasteiger partial charge in [-0.3, -0.25) is 11.7 Å². The molecule has 0 aromatic carbocycles. The van der Waals surface area contributed by atoms with Crippen molar-refractivity contribution >= 4 is 5.97 Å². The lowest BCUT2D eigenvalue weighted by atomic mass is 10.8. The second kappa shape index (κ2) is 1.64. The van der Waals surface area contributed by atoms with Crippen molar-refractivity contribution < 1.29 is 12.3 Å². The zero-order valence-corrected chi connectivity index (χ0v) is 2.82. The molecule has 0 heterocycles. The highest BCUT2D eigenvalue weighted by Gasteiger charge is 1.63. The van der Waals surface area contributed by atoms with Crippen LogP contribution in [0.3, 0.4) is 0 Å². The largest absolute Gasteiger partial charge is 0.492 e. The van der Waals surface area contributed by atoms with Gasteiger partial charge in [0.15, 0.2) is 5.97 Å². The molecule has 0 aromatic heterocycles. The molecule has 0 saturated heterocycles. The Hall–Kier alpha value is -0.660. The zero-order valence-electron chi connectivity index (χ0n) is 4.82. The second-order valence-corrected chi connectivity index (χ2v) is 0.492. The Morgan fingerprint density at radius 1 is 2.40 bits per heavy atom. The van der Waals surface area contributed by atoms with Crippen molar-refractivity contribution in [2.24, 2.45) is 0 Å². The van der Waals surface area contributed by atoms with E-state index in [1.165, 1.54) is 0 Å². The number of hydrogen-bond acceptors (Lipinski definition) is 2. The molecule has 5 heavy (non-hydrogen) atoms. The lowest BCUT2D eigenvalue weighted by Crippen LogP contribution is -1.89. The lowest BCUT2D eigenvalue weighted by molar-refractivity contribution is -0.135. The van der Waals surface area contributed by atoms with Crippen molar-refractivity contribution in [2.45, 2.75) is 0 Å². The molecule has 0 radical (unpaired) electrons. The van der Waals surface area contributed by atoms with Gasteiger partial charge in [0, 0.05) is 0 Å². The summed E-state index contributed by atoms with van der Waals surface area (Å²) >= 11 is 0. The smallest absolute Gasteiger partial charge is 0.164 e. The molecule has 0 saturated carbocycles. The van der Waals surface area contributed by atoms with E-state index in [2.05, 4.69) is 4.74 Å². The van der Waals surface area contributed by atoms with Crippen LogP contribution in [0.5, 0.6) is 0 Å². The Morgan fingerprint density at radius 3 is 3.00 bits per heavy atom. The summed E-state index contributed by atoms with van der Waals surface area (Å²) in [5.74, 6) is -0.903. The van der Waals surface area contributed by atoms with Crippen LogP contribution >= 0.6 is 0 Å². The molecule has 0 aliphatic carbocycles. The average molecular weight is 75.1 g/mol. The monoisotopic (exact) mass is 75.0 g/mol. The van der Waals surface area contributed by atoms with E-state index in [-0.39, 0.29) is 0 Å². The van der Waals surface area contributed by atoms with Crippen LogP contribution in [-0.4, -0.2) is 13.1 Å². The molecule has 0 fully saturated rings. The van der Waals surface area contributed by atoms with Crippen LogP contribution in [0.1, 0.15) is 2.74 Å². The average Bonchev–Trinajstić information content (AvgIpc) is 1.65. The summed E-state index contributed by atoms with van der Waals surface area (Å²) in [6.45, 7) is -0.817. The standard InChI is InChI=1S/C3H5O2/c1-3(4)5-2/h1H2,2H3/q-1/i1D2. The molecular weight excluding hydrogens is 68.0 g/mol. The van der Waals surface area contributed by atoms with Crippen LogP contribution in [0.2, 0.25) is 0 Å². The Morgan fingerprint density at radius 2 is 3.00 bits per heavy atom. The third kappa shape index (κ3) is 3.34. The van der Waals surface area contributed by atoms with Gasteiger partial charge in [0.05, 0.1) is 7.11 Å². The summed E-state index contributed by atoms with van der Waals surface area (Å²) in [5.41, 5.74) is 0. The Bertz CT molecular complexity index is 71.3. The summed E-state index contributed by atoms with van der Waals surface area (Å²) in [6.07, 6.45) is 0. The number of methoxy groups -OCH3 is 1. The predicted octanol–water partition coefficient (Wildman–Crippen LogP) is -0.00651. The van der Waals surface area contributed by atoms with Gasteiger partial charge in [-0.2, -0.15) is 2.74 Å². The van der Waals surface area contributed by atoms with Crippen molar-refractivity contribution in [3.05, 3.63) is 6.88 Å². The molecule has 0 N–H and O–H groups in total. The first-order chi connectivity index (χ1) is 3.18. The Kier molecular flexibility index (Phi) is 0.557. The van der Waals surface area contributed by atoms with Crippen molar-refractivity contribution in [1.82, 2.24) is 0 Å². The van der Waals surface area contributed by atoms with E-state index in [1.807, 2.05) is 0 Å². The van der Waals surface area contributed by atoms with Crippen LogP contribution < -0.4 is 0 Å². The maximum atomic E-state index is 9.88. The fourth-order valence-electron chi connectivity index (χ4n) is 0. The van der Waals surface area contributed by atoms with Crippen molar-refractivity contribution in [2.75, 3.05) is 7.11 Å². The highest BCUT2D eigenvalue weighted by atomic mass is 16.5. The maximum Gasteiger partial charge on any atom is 0.164 e. The van der Waals surface area contributed by atoms with E-state index in [1.54, 1.807) is 0 Å². The minimum Gasteiger partial charge on any atom is -0.492 e. The number of hydrogen-bond donors (Lipinski definition) is 0. The van der Waals surface area contributed by atoms with E-state index < -0.39 is 12.8 Å². The van der Waals surface area contributed by atoms with E-state index in [4.69, 9.17) is 2.74 Å². The number of rotatable bonds is 1. The highest BCUT2D eigenvalue weighted by Crippen LogP contribution is 1.59. The molecule has 0 rings (SSSR count). The summed E-state index contributed by atoms with van der Waals surface area (Å²) in [7, 11) is 1.13. The summed E-state index contributed by atoms with van der Waals surface area (Å²) in [6, 6.07) is 0. The zero-order chi connectivity index (χ0) is 5.86. The molecule has 0 aliphatic heterocycles. The molecule has 0 unspecified atom stereocenters. The van der Waals surface area contributed by atoms with Gasteiger partial charge in [0.1, 0.15) is 0 Å². The molecule has 0 atom stereocenters. The fraction of sp³-hybridized carbons (Fsp3) is 0.333. The van der Waals surface area contributed by atoms with E-state index in [0.29, 0.717) is 0 Å². The van der Waals surface area contributed by atoms with Gasteiger partial charge in [-0.15, -0.1) is 0 Å². The number of carbonyl (C=O) groups is 1. The minimum atomic E-state index is -0.903. The molecular formula is C3H5O2-. The molecule has 2 nitrogen and oxygen atoms in total. The number of esters is 1. The lowest BCUT2D eigenvalue weighted by Gasteiger charge is -1.89. The fourth-order valence-corrected chi connectivity index (χ4v) is 0. The predicted molar refractivity (Wildman–Crippen MR) is 17.4 cm³/mol. The van der Waals surface area contributed by atoms with Crippen LogP contribution in [0.15, 0.2) is 0 Å². The molecule has 2 heteroatoms. The van der Waals surface area contributed by atoms with E-state index in [9.17, 15) is 4.79 Å². The van der Waals surface area contributed by atoms with Gasteiger partial charge in [0.25, 0.3) is 0 Å². The van der Waals surface area contributed by atoms with Crippen molar-refractivity contribution in [1.29, 1.82) is 0 Å². The van der Waals surface area contributed by atoms with E-state index >= 15 is 0 Å². The van der Waals surface area contributed by atoms with Gasteiger partial charge in [-0.1, -0.05) is 0 Å². The molecule has 0 spiro atoms. The van der Waals surface area contributed by atoms with Crippen LogP contribution in [0.25, 0.3) is 0 Å². The first kappa shape index (κ1) is 1.70. The summed E-state index contributed by atoms with van der Waals surface area (Å²) < 4.78 is 16.5. The van der Waals surface area contributed by atoms with E-state index in [0.717, 1.165) is 7.11 Å². The normalized spacial score (nSPS) is 11.4. The molecule has 0 aliphatic rings. The third-order valence-corrected chi connectivity index (χ3v) is 0.185. The highest BCUT2D eigenvalue weighted by molar-refractivity contribution is 5.73. The first-order valence-electron chi connectivity index (χ1n) is 2.07. The number of ether oxygens (including phenoxy) is 1. The second-order valence-electron chi connectivity index (χ2n) is 0.492. The summed E-state index contributed by atoms with van der Waals surface area (Å²) in [4.78, 5) is 9.88. The summed E-state index contributed by atoms with van der Waals surface area (Å²) in [5, 5.41) is 0. The van der Waals surface area contributed by atoms with Crippen LogP contribution in [0, 0.1) is 6.88 Å². The molecule has 30 valence electrons. The van der Waals surface area contributed by atoms with Crippen LogP contribution in [-0.2, 0) is 9.53 Å². The van der Waals surface area contributed by atoms with Gasteiger partial charge in [-0.05, 0) is 0 Å². The van der Waals surface area contributed by atoms with Gasteiger partial charge < -0.3 is 4.74 Å². The first-order valence-corrected chi connectivity index (χ1v) is 1.07. The SMILES string of the molecule is [2H][C-]([2H])C(=O)OC. The quantitative estimate of drug-likeness (QED) is 0.324. The topological polar surface area (TPSA) is 26.3 Å². The molecule has 0 aromatic rings. The molecule has 0 bridgehead atoms. The van der Waals surface area contributed by atoms with Crippen LogP contribution in [0.4, 0.5) is 0 Å². The van der Waals surface area contributed by atoms with Gasteiger partial charge in [-0.25, -0.2) is 0 Å².